The first-order valence-corrected chi connectivity index (χ1v) is 5.35. The average molecular weight is 205 g/mol. The van der Waals surface area contributed by atoms with E-state index in [2.05, 4.69) is 4.90 Å². The van der Waals surface area contributed by atoms with Gasteiger partial charge >= 0.3 is 0 Å². The maximum absolute atomic E-state index is 11.9. The van der Waals surface area contributed by atoms with Gasteiger partial charge in [-0.05, 0) is 27.1 Å². The molecule has 0 saturated carbocycles. The van der Waals surface area contributed by atoms with Crippen LogP contribution in [0.2, 0.25) is 0 Å². The zero-order valence-electron chi connectivity index (χ0n) is 9.73. The Morgan fingerprint density at radius 3 is 2.40 bits per heavy atom. The highest BCUT2D eigenvalue weighted by Crippen LogP contribution is 2.11. The van der Waals surface area contributed by atoms with Gasteiger partial charge in [-0.3, -0.25) is 4.79 Å². The lowest BCUT2D eigenvalue weighted by molar-refractivity contribution is 0.0919. The minimum atomic E-state index is 0.106. The van der Waals surface area contributed by atoms with Crippen molar-refractivity contribution < 1.29 is 4.79 Å². The molecule has 1 aromatic rings. The number of Topliss-reactive ketones (excluding diaryl/α,β-unsaturated/α-hetero) is 1. The lowest BCUT2D eigenvalue weighted by Gasteiger charge is -2.14. The van der Waals surface area contributed by atoms with Crippen LogP contribution in [0.15, 0.2) is 30.3 Å². The molecule has 0 N–H and O–H groups in total. The van der Waals surface area contributed by atoms with Crippen molar-refractivity contribution in [2.75, 3.05) is 20.6 Å². The van der Waals surface area contributed by atoms with Gasteiger partial charge in [-0.25, -0.2) is 0 Å². The van der Waals surface area contributed by atoms with Crippen molar-refractivity contribution in [3.8, 4) is 0 Å². The fourth-order valence-corrected chi connectivity index (χ4v) is 1.47. The lowest BCUT2D eigenvalue weighted by atomic mass is 9.96. The number of rotatable bonds is 5. The molecule has 0 amide bonds. The summed E-state index contributed by atoms with van der Waals surface area (Å²) in [6.07, 6.45) is 0.917. The molecule has 15 heavy (non-hydrogen) atoms. The Morgan fingerprint density at radius 2 is 1.87 bits per heavy atom. The molecule has 0 aromatic heterocycles. The van der Waals surface area contributed by atoms with Crippen molar-refractivity contribution in [1.29, 1.82) is 0 Å². The van der Waals surface area contributed by atoms with Crippen LogP contribution in [0.5, 0.6) is 0 Å². The smallest absolute Gasteiger partial charge is 0.165 e. The molecule has 1 unspecified atom stereocenters. The van der Waals surface area contributed by atoms with Crippen molar-refractivity contribution in [2.24, 2.45) is 5.92 Å². The van der Waals surface area contributed by atoms with Gasteiger partial charge in [0.2, 0.25) is 0 Å². The summed E-state index contributed by atoms with van der Waals surface area (Å²) in [5, 5.41) is 0. The zero-order chi connectivity index (χ0) is 11.3. The minimum Gasteiger partial charge on any atom is -0.309 e. The van der Waals surface area contributed by atoms with E-state index in [1.807, 2.05) is 51.4 Å². The molecule has 2 nitrogen and oxygen atoms in total. The minimum absolute atomic E-state index is 0.106. The van der Waals surface area contributed by atoms with E-state index in [0.29, 0.717) is 0 Å². The van der Waals surface area contributed by atoms with Crippen molar-refractivity contribution in [1.82, 2.24) is 4.90 Å². The van der Waals surface area contributed by atoms with Crippen LogP contribution in [0.1, 0.15) is 23.7 Å². The molecule has 0 spiro atoms. The van der Waals surface area contributed by atoms with Crippen molar-refractivity contribution in [2.45, 2.75) is 13.3 Å². The third kappa shape index (κ3) is 3.84. The first kappa shape index (κ1) is 11.9. The monoisotopic (exact) mass is 205 g/mol. The third-order valence-electron chi connectivity index (χ3n) is 2.52. The molecule has 2 heteroatoms. The molecule has 1 atom stereocenters. The second-order valence-electron chi connectivity index (χ2n) is 4.22. The summed E-state index contributed by atoms with van der Waals surface area (Å²) in [7, 11) is 4.05. The summed E-state index contributed by atoms with van der Waals surface area (Å²) in [5.41, 5.74) is 0.823. The Bertz CT molecular complexity index is 306. The van der Waals surface area contributed by atoms with Gasteiger partial charge in [-0.1, -0.05) is 37.3 Å². The molecule has 82 valence electrons. The zero-order valence-corrected chi connectivity index (χ0v) is 9.73. The highest BCUT2D eigenvalue weighted by Gasteiger charge is 2.14. The van der Waals surface area contributed by atoms with Crippen LogP contribution in [0.3, 0.4) is 0 Å². The Kier molecular flexibility index (Phi) is 4.50. The van der Waals surface area contributed by atoms with Gasteiger partial charge in [0.1, 0.15) is 0 Å². The normalized spacial score (nSPS) is 12.8. The fourth-order valence-electron chi connectivity index (χ4n) is 1.47. The number of benzene rings is 1. The highest BCUT2D eigenvalue weighted by atomic mass is 16.1. The van der Waals surface area contributed by atoms with E-state index in [-0.39, 0.29) is 11.7 Å². The van der Waals surface area contributed by atoms with Gasteiger partial charge in [0.05, 0.1) is 0 Å². The van der Waals surface area contributed by atoms with Crippen LogP contribution in [0.4, 0.5) is 0 Å². The summed E-state index contributed by atoms with van der Waals surface area (Å²) in [4.78, 5) is 14.0. The van der Waals surface area contributed by atoms with E-state index in [1.165, 1.54) is 0 Å². The van der Waals surface area contributed by atoms with Crippen LogP contribution >= 0.6 is 0 Å². The van der Waals surface area contributed by atoms with Gasteiger partial charge < -0.3 is 4.90 Å². The van der Waals surface area contributed by atoms with E-state index in [1.54, 1.807) is 0 Å². The summed E-state index contributed by atoms with van der Waals surface area (Å²) in [5.74, 6) is 0.354. The summed E-state index contributed by atoms with van der Waals surface area (Å²) < 4.78 is 0. The van der Waals surface area contributed by atoms with Crippen molar-refractivity contribution in [3.63, 3.8) is 0 Å². The molecule has 0 aliphatic heterocycles. The molecule has 0 saturated heterocycles. The molecule has 0 aliphatic carbocycles. The first-order valence-electron chi connectivity index (χ1n) is 5.35. The third-order valence-corrected chi connectivity index (χ3v) is 2.52. The van der Waals surface area contributed by atoms with Gasteiger partial charge in [-0.2, -0.15) is 0 Å². The van der Waals surface area contributed by atoms with Gasteiger partial charge in [0.25, 0.3) is 0 Å². The highest BCUT2D eigenvalue weighted by molar-refractivity contribution is 5.97. The molecule has 0 heterocycles. The molecule has 1 rings (SSSR count). The Balaban J connectivity index is 2.54. The van der Waals surface area contributed by atoms with Crippen LogP contribution < -0.4 is 0 Å². The second-order valence-corrected chi connectivity index (χ2v) is 4.22. The number of ketones is 1. The number of hydrogen-bond acceptors (Lipinski definition) is 2. The van der Waals surface area contributed by atoms with E-state index in [4.69, 9.17) is 0 Å². The van der Waals surface area contributed by atoms with E-state index in [0.717, 1.165) is 18.5 Å². The predicted molar refractivity (Wildman–Crippen MR) is 63.1 cm³/mol. The largest absolute Gasteiger partial charge is 0.309 e. The maximum atomic E-state index is 11.9. The van der Waals surface area contributed by atoms with Gasteiger partial charge in [0.15, 0.2) is 5.78 Å². The number of nitrogens with zero attached hydrogens (tertiary/aromatic N) is 1. The molecular formula is C13H19NO. The number of carbonyl (C=O) groups excluding carboxylic acids is 1. The quantitative estimate of drug-likeness (QED) is 0.688. The molecule has 0 aliphatic rings. The van der Waals surface area contributed by atoms with Crippen molar-refractivity contribution >= 4 is 5.78 Å². The summed E-state index contributed by atoms with van der Waals surface area (Å²) in [6, 6.07) is 9.52. The predicted octanol–water partition coefficient (Wildman–Crippen LogP) is 2.46. The molecule has 0 bridgehead atoms. The Morgan fingerprint density at radius 1 is 1.27 bits per heavy atom. The summed E-state index contributed by atoms with van der Waals surface area (Å²) >= 11 is 0. The Hall–Kier alpha value is -1.15. The average Bonchev–Trinajstić information content (AvgIpc) is 2.26. The first-order chi connectivity index (χ1) is 7.11. The lowest BCUT2D eigenvalue weighted by Crippen LogP contribution is -2.20. The van der Waals surface area contributed by atoms with Gasteiger partial charge in [0, 0.05) is 11.5 Å². The molecule has 0 fully saturated rings. The standard InChI is InChI=1S/C13H19NO/c1-11(9-10-14(2)3)13(15)12-7-5-4-6-8-12/h4-8,11H,9-10H2,1-3H3. The SMILES string of the molecule is CC(CCN(C)C)C(=O)c1ccccc1. The van der Waals surface area contributed by atoms with Gasteiger partial charge in [-0.15, -0.1) is 0 Å². The maximum Gasteiger partial charge on any atom is 0.165 e. The van der Waals surface area contributed by atoms with Crippen LogP contribution in [-0.4, -0.2) is 31.3 Å². The second kappa shape index (κ2) is 5.66. The van der Waals surface area contributed by atoms with Crippen LogP contribution in [0, 0.1) is 5.92 Å². The Labute approximate surface area is 91.9 Å². The fraction of sp³-hybridized carbons (Fsp3) is 0.462. The van der Waals surface area contributed by atoms with Crippen LogP contribution in [-0.2, 0) is 0 Å². The van der Waals surface area contributed by atoms with E-state index >= 15 is 0 Å². The molecule has 0 radical (unpaired) electrons. The number of carbonyl (C=O) groups is 1. The molecule has 1 aromatic carbocycles. The molecular weight excluding hydrogens is 186 g/mol. The van der Waals surface area contributed by atoms with Crippen molar-refractivity contribution in [3.05, 3.63) is 35.9 Å². The van der Waals surface area contributed by atoms with Crippen LogP contribution in [0.25, 0.3) is 0 Å². The summed E-state index contributed by atoms with van der Waals surface area (Å²) in [6.45, 7) is 2.96. The number of hydrogen-bond donors (Lipinski definition) is 0. The topological polar surface area (TPSA) is 20.3 Å². The van der Waals surface area contributed by atoms with E-state index in [9.17, 15) is 4.79 Å². The van der Waals surface area contributed by atoms with E-state index < -0.39 is 0 Å².